The molecule has 0 spiro atoms. The largest absolute Gasteiger partial charge is 0.497 e. The van der Waals surface area contributed by atoms with Gasteiger partial charge in [-0.05, 0) is 59.6 Å². The Morgan fingerprint density at radius 1 is 1.14 bits per heavy atom. The fraction of sp³-hybridized carbons (Fsp3) is 0.333. The van der Waals surface area contributed by atoms with E-state index in [1.54, 1.807) is 11.8 Å². The van der Waals surface area contributed by atoms with Gasteiger partial charge < -0.3 is 4.74 Å². The molecule has 0 saturated carbocycles. The lowest BCUT2D eigenvalue weighted by Crippen LogP contribution is -2.34. The van der Waals surface area contributed by atoms with Crippen LogP contribution < -0.4 is 10.1 Å². The summed E-state index contributed by atoms with van der Waals surface area (Å²) in [5, 5.41) is 6.76. The molecule has 3 aromatic rings. The molecule has 3 rings (SSSR count). The van der Waals surface area contributed by atoms with Crippen LogP contribution in [0.1, 0.15) is 32.4 Å². The summed E-state index contributed by atoms with van der Waals surface area (Å²) in [6, 6.07) is 14.2. The van der Waals surface area contributed by atoms with Crippen molar-refractivity contribution in [2.24, 2.45) is 5.41 Å². The standard InChI is InChI=1S/C21H25FN4OS/c1-21(2,3)18(14-5-9-16(22)10-6-14)23-13-26-20(28)24-19(25-26)15-7-11-17(27-4)12-8-15/h5-12,18,23H,13H2,1-4H3,(H,24,25,28). The van der Waals surface area contributed by atoms with Crippen LogP contribution in [0.4, 0.5) is 4.39 Å². The smallest absolute Gasteiger partial charge is 0.217 e. The maximum atomic E-state index is 13.3. The Bertz CT molecular complexity index is 971. The third-order valence-electron chi connectivity index (χ3n) is 4.57. The molecule has 28 heavy (non-hydrogen) atoms. The molecular weight excluding hydrogens is 375 g/mol. The number of methoxy groups -OCH3 is 1. The van der Waals surface area contributed by atoms with E-state index in [4.69, 9.17) is 17.0 Å². The van der Waals surface area contributed by atoms with Crippen LogP contribution in [-0.4, -0.2) is 21.9 Å². The van der Waals surface area contributed by atoms with Gasteiger partial charge in [-0.25, -0.2) is 9.07 Å². The molecule has 0 amide bonds. The van der Waals surface area contributed by atoms with E-state index >= 15 is 0 Å². The van der Waals surface area contributed by atoms with Crippen LogP contribution in [0.2, 0.25) is 0 Å². The van der Waals surface area contributed by atoms with E-state index in [-0.39, 0.29) is 17.3 Å². The molecule has 148 valence electrons. The first-order chi connectivity index (χ1) is 13.3. The Hall–Kier alpha value is -2.51. The van der Waals surface area contributed by atoms with Crippen molar-refractivity contribution >= 4 is 12.2 Å². The summed E-state index contributed by atoms with van der Waals surface area (Å²) in [6.45, 7) is 6.89. The first kappa shape index (κ1) is 20.2. The monoisotopic (exact) mass is 400 g/mol. The van der Waals surface area contributed by atoms with Crippen molar-refractivity contribution < 1.29 is 9.13 Å². The van der Waals surface area contributed by atoms with Crippen molar-refractivity contribution in [3.63, 3.8) is 0 Å². The Morgan fingerprint density at radius 3 is 2.36 bits per heavy atom. The zero-order valence-electron chi connectivity index (χ0n) is 16.5. The number of nitrogens with one attached hydrogen (secondary N) is 2. The van der Waals surface area contributed by atoms with Crippen molar-refractivity contribution in [1.82, 2.24) is 20.1 Å². The molecule has 0 fully saturated rings. The fourth-order valence-electron chi connectivity index (χ4n) is 3.10. The van der Waals surface area contributed by atoms with Gasteiger partial charge in [0.2, 0.25) is 4.77 Å². The van der Waals surface area contributed by atoms with Crippen LogP contribution in [0.25, 0.3) is 11.4 Å². The molecule has 0 aliphatic heterocycles. The van der Waals surface area contributed by atoms with Crippen LogP contribution in [0, 0.1) is 16.0 Å². The number of H-pyrrole nitrogens is 1. The minimum atomic E-state index is -0.240. The third-order valence-corrected chi connectivity index (χ3v) is 4.88. The SMILES string of the molecule is COc1ccc(-c2nc(=S)n(CNC(c3ccc(F)cc3)C(C)(C)C)[nH]2)cc1. The van der Waals surface area contributed by atoms with Crippen molar-refractivity contribution in [2.45, 2.75) is 33.5 Å². The summed E-state index contributed by atoms with van der Waals surface area (Å²) in [5.74, 6) is 1.25. The molecule has 2 aromatic carbocycles. The second-order valence-electron chi connectivity index (χ2n) is 7.72. The lowest BCUT2D eigenvalue weighted by molar-refractivity contribution is 0.251. The van der Waals surface area contributed by atoms with E-state index in [9.17, 15) is 4.39 Å². The first-order valence-electron chi connectivity index (χ1n) is 9.08. The average Bonchev–Trinajstić information content (AvgIpc) is 3.03. The molecule has 1 aromatic heterocycles. The molecule has 5 nitrogen and oxygen atoms in total. The maximum Gasteiger partial charge on any atom is 0.217 e. The topological polar surface area (TPSA) is 54.9 Å². The maximum absolute atomic E-state index is 13.3. The molecule has 0 aliphatic rings. The number of aromatic nitrogens is 3. The summed E-state index contributed by atoms with van der Waals surface area (Å²) in [7, 11) is 1.63. The summed E-state index contributed by atoms with van der Waals surface area (Å²) >= 11 is 5.41. The lowest BCUT2D eigenvalue weighted by Gasteiger charge is -2.32. The second kappa shape index (κ2) is 8.24. The minimum absolute atomic E-state index is 0.0164. The highest BCUT2D eigenvalue weighted by Gasteiger charge is 2.26. The Labute approximate surface area is 169 Å². The Morgan fingerprint density at radius 2 is 1.79 bits per heavy atom. The number of benzene rings is 2. The Balaban J connectivity index is 1.79. The van der Waals surface area contributed by atoms with Crippen molar-refractivity contribution in [2.75, 3.05) is 7.11 Å². The number of halogens is 1. The van der Waals surface area contributed by atoms with Crippen LogP contribution in [0.5, 0.6) is 5.75 Å². The van der Waals surface area contributed by atoms with Gasteiger partial charge in [-0.15, -0.1) is 0 Å². The Kier molecular flexibility index (Phi) is 5.96. The van der Waals surface area contributed by atoms with E-state index in [0.717, 1.165) is 16.9 Å². The lowest BCUT2D eigenvalue weighted by atomic mass is 9.82. The molecular formula is C21H25FN4OS. The van der Waals surface area contributed by atoms with Gasteiger partial charge >= 0.3 is 0 Å². The van der Waals surface area contributed by atoms with Gasteiger partial charge in [0.05, 0.1) is 13.8 Å². The van der Waals surface area contributed by atoms with Crippen molar-refractivity contribution in [3.8, 4) is 17.1 Å². The average molecular weight is 401 g/mol. The van der Waals surface area contributed by atoms with E-state index in [0.29, 0.717) is 17.3 Å². The zero-order chi connectivity index (χ0) is 20.3. The van der Waals surface area contributed by atoms with Gasteiger partial charge in [0.1, 0.15) is 11.6 Å². The summed E-state index contributed by atoms with van der Waals surface area (Å²) in [4.78, 5) is 4.45. The minimum Gasteiger partial charge on any atom is -0.497 e. The molecule has 7 heteroatoms. The predicted octanol–water partition coefficient (Wildman–Crippen LogP) is 5.09. The number of hydrogen-bond donors (Lipinski definition) is 2. The molecule has 0 bridgehead atoms. The number of aromatic amines is 1. The van der Waals surface area contributed by atoms with E-state index < -0.39 is 0 Å². The fourth-order valence-corrected chi connectivity index (χ4v) is 3.31. The molecule has 2 N–H and O–H groups in total. The summed E-state index contributed by atoms with van der Waals surface area (Å²) in [6.07, 6.45) is 0. The van der Waals surface area contributed by atoms with Gasteiger partial charge in [-0.2, -0.15) is 4.98 Å². The number of rotatable bonds is 6. The highest BCUT2D eigenvalue weighted by atomic mass is 32.1. The normalized spacial score (nSPS) is 12.8. The second-order valence-corrected chi connectivity index (χ2v) is 8.09. The number of hydrogen-bond acceptors (Lipinski definition) is 4. The van der Waals surface area contributed by atoms with Gasteiger partial charge in [-0.1, -0.05) is 32.9 Å². The molecule has 0 radical (unpaired) electrons. The highest BCUT2D eigenvalue weighted by molar-refractivity contribution is 7.71. The molecule has 1 atom stereocenters. The first-order valence-corrected chi connectivity index (χ1v) is 9.49. The summed E-state index contributed by atoms with van der Waals surface area (Å²) in [5.41, 5.74) is 1.88. The van der Waals surface area contributed by atoms with Crippen molar-refractivity contribution in [3.05, 3.63) is 64.7 Å². The van der Waals surface area contributed by atoms with Gasteiger partial charge in [0.15, 0.2) is 5.82 Å². The van der Waals surface area contributed by atoms with Crippen LogP contribution in [0.15, 0.2) is 48.5 Å². The predicted molar refractivity (Wildman–Crippen MR) is 111 cm³/mol. The van der Waals surface area contributed by atoms with E-state index in [1.807, 2.05) is 36.4 Å². The van der Waals surface area contributed by atoms with Crippen LogP contribution >= 0.6 is 12.2 Å². The molecule has 1 heterocycles. The molecule has 0 saturated heterocycles. The molecule has 0 aliphatic carbocycles. The van der Waals surface area contributed by atoms with Gasteiger partial charge in [-0.3, -0.25) is 10.4 Å². The molecule has 1 unspecified atom stereocenters. The van der Waals surface area contributed by atoms with Crippen LogP contribution in [0.3, 0.4) is 0 Å². The summed E-state index contributed by atoms with van der Waals surface area (Å²) < 4.78 is 20.7. The third kappa shape index (κ3) is 4.66. The number of nitrogens with zero attached hydrogens (tertiary/aromatic N) is 2. The van der Waals surface area contributed by atoms with E-state index in [2.05, 4.69) is 36.2 Å². The quantitative estimate of drug-likeness (QED) is 0.566. The van der Waals surface area contributed by atoms with Gasteiger partial charge in [0.25, 0.3) is 0 Å². The zero-order valence-corrected chi connectivity index (χ0v) is 17.3. The van der Waals surface area contributed by atoms with E-state index in [1.165, 1.54) is 12.1 Å². The number of ether oxygens (including phenoxy) is 1. The highest BCUT2D eigenvalue weighted by Crippen LogP contribution is 2.32. The van der Waals surface area contributed by atoms with Crippen molar-refractivity contribution in [1.29, 1.82) is 0 Å². The van der Waals surface area contributed by atoms with Gasteiger partial charge in [0, 0.05) is 11.6 Å². The van der Waals surface area contributed by atoms with Crippen LogP contribution in [-0.2, 0) is 6.67 Å².